The van der Waals surface area contributed by atoms with Gasteiger partial charge in [-0.1, -0.05) is 24.6 Å². The number of morpholine rings is 1. The summed E-state index contributed by atoms with van der Waals surface area (Å²) < 4.78 is 32.3. The molecule has 1 fully saturated rings. The number of halogens is 1. The van der Waals surface area contributed by atoms with Crippen molar-refractivity contribution in [1.82, 2.24) is 4.31 Å². The molecule has 5 nitrogen and oxygen atoms in total. The third kappa shape index (κ3) is 2.99. The van der Waals surface area contributed by atoms with Gasteiger partial charge in [-0.15, -0.1) is 0 Å². The molecule has 20 heavy (non-hydrogen) atoms. The van der Waals surface area contributed by atoms with Crippen LogP contribution in [0.4, 0.5) is 0 Å². The summed E-state index contributed by atoms with van der Waals surface area (Å²) in [5, 5.41) is 0.217. The van der Waals surface area contributed by atoms with Gasteiger partial charge in [-0.2, -0.15) is 4.31 Å². The van der Waals surface area contributed by atoms with Gasteiger partial charge in [0, 0.05) is 19.1 Å². The van der Waals surface area contributed by atoms with Crippen LogP contribution in [0.15, 0.2) is 23.1 Å². The lowest BCUT2D eigenvalue weighted by Gasteiger charge is -2.34. The molecular formula is C13H19ClN2O3S. The van der Waals surface area contributed by atoms with Crippen LogP contribution in [-0.4, -0.2) is 38.5 Å². The SMILES string of the molecule is CCC1COCCN1S(=O)(=O)c1ccc(CN)cc1Cl. The normalized spacial score (nSPS) is 21.1. The van der Waals surface area contributed by atoms with Crippen LogP contribution < -0.4 is 5.73 Å². The fraction of sp³-hybridized carbons (Fsp3) is 0.538. The van der Waals surface area contributed by atoms with Gasteiger partial charge in [0.25, 0.3) is 0 Å². The number of benzene rings is 1. The number of hydrogen-bond donors (Lipinski definition) is 1. The highest BCUT2D eigenvalue weighted by molar-refractivity contribution is 7.89. The fourth-order valence-electron chi connectivity index (χ4n) is 2.28. The van der Waals surface area contributed by atoms with Crippen molar-refractivity contribution in [3.05, 3.63) is 28.8 Å². The van der Waals surface area contributed by atoms with Crippen LogP contribution in [0.2, 0.25) is 5.02 Å². The molecule has 1 unspecified atom stereocenters. The van der Waals surface area contributed by atoms with E-state index < -0.39 is 10.0 Å². The Morgan fingerprint density at radius 2 is 2.25 bits per heavy atom. The lowest BCUT2D eigenvalue weighted by atomic mass is 10.2. The smallest absolute Gasteiger partial charge is 0.244 e. The first-order valence-electron chi connectivity index (χ1n) is 6.58. The van der Waals surface area contributed by atoms with E-state index in [1.54, 1.807) is 12.1 Å². The molecule has 1 heterocycles. The number of hydrogen-bond acceptors (Lipinski definition) is 4. The average Bonchev–Trinajstić information content (AvgIpc) is 2.46. The number of ether oxygens (including phenoxy) is 1. The fourth-order valence-corrected chi connectivity index (χ4v) is 4.50. The molecule has 0 spiro atoms. The topological polar surface area (TPSA) is 72.6 Å². The van der Waals surface area contributed by atoms with Gasteiger partial charge in [-0.05, 0) is 24.1 Å². The quantitative estimate of drug-likeness (QED) is 0.915. The largest absolute Gasteiger partial charge is 0.378 e. The van der Waals surface area contributed by atoms with Crippen LogP contribution in [0, 0.1) is 0 Å². The molecule has 1 aromatic carbocycles. The van der Waals surface area contributed by atoms with Crippen LogP contribution in [0.1, 0.15) is 18.9 Å². The third-order valence-corrected chi connectivity index (χ3v) is 5.90. The van der Waals surface area contributed by atoms with Crippen molar-refractivity contribution in [1.29, 1.82) is 0 Å². The zero-order valence-electron chi connectivity index (χ0n) is 11.4. The van der Waals surface area contributed by atoms with Crippen LogP contribution >= 0.6 is 11.6 Å². The van der Waals surface area contributed by atoms with E-state index in [1.807, 2.05) is 6.92 Å². The molecule has 1 atom stereocenters. The standard InChI is InChI=1S/C13H19ClN2O3S/c1-2-11-9-19-6-5-16(11)20(17,18)13-4-3-10(8-15)7-12(13)14/h3-4,7,11H,2,5-6,8-9,15H2,1H3. The highest BCUT2D eigenvalue weighted by Crippen LogP contribution is 2.28. The van der Waals surface area contributed by atoms with Crippen molar-refractivity contribution in [2.24, 2.45) is 5.73 Å². The monoisotopic (exact) mass is 318 g/mol. The van der Waals surface area contributed by atoms with Gasteiger partial charge in [-0.3, -0.25) is 0 Å². The zero-order valence-corrected chi connectivity index (χ0v) is 13.0. The van der Waals surface area contributed by atoms with Crippen LogP contribution in [0.5, 0.6) is 0 Å². The third-order valence-electron chi connectivity index (χ3n) is 3.46. The molecule has 1 aromatic rings. The van der Waals surface area contributed by atoms with E-state index in [1.165, 1.54) is 10.4 Å². The summed E-state index contributed by atoms with van der Waals surface area (Å²) in [6.07, 6.45) is 0.706. The molecule has 2 N–H and O–H groups in total. The summed E-state index contributed by atoms with van der Waals surface area (Å²) in [6.45, 7) is 3.47. The number of nitrogens with zero attached hydrogens (tertiary/aromatic N) is 1. The van der Waals surface area contributed by atoms with E-state index in [0.717, 1.165) is 5.56 Å². The molecule has 1 aliphatic rings. The lowest BCUT2D eigenvalue weighted by Crippen LogP contribution is -2.48. The number of nitrogens with two attached hydrogens (primary N) is 1. The van der Waals surface area contributed by atoms with E-state index in [-0.39, 0.29) is 16.0 Å². The van der Waals surface area contributed by atoms with E-state index in [0.29, 0.717) is 32.7 Å². The summed E-state index contributed by atoms with van der Waals surface area (Å²) in [4.78, 5) is 0.136. The first kappa shape index (κ1) is 15.7. The Kier molecular flexibility index (Phi) is 5.04. The second-order valence-electron chi connectivity index (χ2n) is 4.72. The summed E-state index contributed by atoms with van der Waals surface area (Å²) in [5.74, 6) is 0. The maximum Gasteiger partial charge on any atom is 0.244 e. The van der Waals surface area contributed by atoms with E-state index in [9.17, 15) is 8.42 Å². The first-order valence-corrected chi connectivity index (χ1v) is 8.40. The van der Waals surface area contributed by atoms with Crippen LogP contribution in [0.25, 0.3) is 0 Å². The molecule has 0 radical (unpaired) electrons. The second-order valence-corrected chi connectivity index (χ2v) is 6.99. The molecule has 1 aliphatic heterocycles. The molecule has 112 valence electrons. The van der Waals surface area contributed by atoms with E-state index in [2.05, 4.69) is 0 Å². The molecule has 1 saturated heterocycles. The summed E-state index contributed by atoms with van der Waals surface area (Å²) in [6, 6.07) is 4.69. The average molecular weight is 319 g/mol. The minimum absolute atomic E-state index is 0.136. The lowest BCUT2D eigenvalue weighted by molar-refractivity contribution is 0.0314. The van der Waals surface area contributed by atoms with Crippen molar-refractivity contribution in [2.75, 3.05) is 19.8 Å². The van der Waals surface area contributed by atoms with Gasteiger partial charge < -0.3 is 10.5 Å². The van der Waals surface area contributed by atoms with Crippen molar-refractivity contribution in [3.8, 4) is 0 Å². The summed E-state index contributed by atoms with van der Waals surface area (Å²) >= 11 is 6.11. The van der Waals surface area contributed by atoms with Crippen molar-refractivity contribution in [3.63, 3.8) is 0 Å². The molecule has 0 amide bonds. The summed E-state index contributed by atoms with van der Waals surface area (Å²) in [5.41, 5.74) is 6.34. The predicted octanol–water partition coefficient (Wildman–Crippen LogP) is 1.60. The minimum atomic E-state index is -3.60. The molecule has 0 aromatic heterocycles. The van der Waals surface area contributed by atoms with Crippen LogP contribution in [0.3, 0.4) is 0 Å². The van der Waals surface area contributed by atoms with Gasteiger partial charge in [0.1, 0.15) is 4.90 Å². The van der Waals surface area contributed by atoms with Crippen molar-refractivity contribution in [2.45, 2.75) is 30.8 Å². The van der Waals surface area contributed by atoms with Gasteiger partial charge in [0.15, 0.2) is 0 Å². The molecular weight excluding hydrogens is 300 g/mol. The van der Waals surface area contributed by atoms with Gasteiger partial charge >= 0.3 is 0 Å². The highest BCUT2D eigenvalue weighted by Gasteiger charge is 2.34. The van der Waals surface area contributed by atoms with Gasteiger partial charge in [-0.25, -0.2) is 8.42 Å². The Hall–Kier alpha value is -0.660. The molecule has 0 saturated carbocycles. The van der Waals surface area contributed by atoms with Gasteiger partial charge in [0.05, 0.1) is 18.2 Å². The maximum atomic E-state index is 12.7. The Labute approximate surface area is 124 Å². The molecule has 0 bridgehead atoms. The summed E-state index contributed by atoms with van der Waals surface area (Å²) in [7, 11) is -3.60. The maximum absolute atomic E-state index is 12.7. The minimum Gasteiger partial charge on any atom is -0.378 e. The van der Waals surface area contributed by atoms with Gasteiger partial charge in [0.2, 0.25) is 10.0 Å². The molecule has 2 rings (SSSR count). The Balaban J connectivity index is 2.38. The molecule has 0 aliphatic carbocycles. The Morgan fingerprint density at radius 3 is 2.85 bits per heavy atom. The Morgan fingerprint density at radius 1 is 1.50 bits per heavy atom. The first-order chi connectivity index (χ1) is 9.50. The zero-order chi connectivity index (χ0) is 14.8. The van der Waals surface area contributed by atoms with E-state index in [4.69, 9.17) is 22.1 Å². The molecule has 7 heteroatoms. The van der Waals surface area contributed by atoms with Crippen molar-refractivity contribution >= 4 is 21.6 Å². The van der Waals surface area contributed by atoms with Crippen molar-refractivity contribution < 1.29 is 13.2 Å². The number of sulfonamides is 1. The predicted molar refractivity (Wildman–Crippen MR) is 78.1 cm³/mol. The second kappa shape index (κ2) is 6.41. The Bertz CT molecular complexity index is 577. The highest BCUT2D eigenvalue weighted by atomic mass is 35.5. The van der Waals surface area contributed by atoms with E-state index >= 15 is 0 Å². The van der Waals surface area contributed by atoms with Crippen LogP contribution in [-0.2, 0) is 21.3 Å². The number of rotatable bonds is 4.